The second kappa shape index (κ2) is 7.24. The molecule has 1 unspecified atom stereocenters. The van der Waals surface area contributed by atoms with Crippen molar-refractivity contribution in [3.63, 3.8) is 0 Å². The maximum Gasteiger partial charge on any atom is 0.325 e. The van der Waals surface area contributed by atoms with Crippen molar-refractivity contribution in [2.45, 2.75) is 58.2 Å². The molecule has 1 fully saturated rings. The van der Waals surface area contributed by atoms with Gasteiger partial charge in [-0.2, -0.15) is 0 Å². The molecule has 0 spiro atoms. The first-order valence-electron chi connectivity index (χ1n) is 8.83. The molecule has 1 aliphatic heterocycles. The predicted molar refractivity (Wildman–Crippen MR) is 91.7 cm³/mol. The molecule has 0 N–H and O–H groups in total. The average Bonchev–Trinajstić information content (AvgIpc) is 3.06. The summed E-state index contributed by atoms with van der Waals surface area (Å²) >= 11 is 0. The molecule has 24 heavy (non-hydrogen) atoms. The molecule has 1 aromatic carbocycles. The first-order chi connectivity index (χ1) is 11.6. The van der Waals surface area contributed by atoms with Crippen LogP contribution in [0.15, 0.2) is 18.2 Å². The van der Waals surface area contributed by atoms with Gasteiger partial charge in [-0.1, -0.05) is 6.92 Å². The molecule has 0 radical (unpaired) electrons. The number of rotatable bonds is 5. The second-order valence-electron chi connectivity index (χ2n) is 6.66. The fourth-order valence-electron chi connectivity index (χ4n) is 3.39. The average molecular weight is 331 g/mol. The fourth-order valence-corrected chi connectivity index (χ4v) is 3.39. The fraction of sp³-hybridized carbons (Fsp3) is 0.579. The molecule has 1 aliphatic carbocycles. The molecule has 0 amide bonds. The van der Waals surface area contributed by atoms with Crippen molar-refractivity contribution in [3.05, 3.63) is 23.8 Å². The number of esters is 1. The minimum Gasteiger partial charge on any atom is -0.486 e. The number of benzene rings is 1. The van der Waals surface area contributed by atoms with Gasteiger partial charge in [0.2, 0.25) is 0 Å². The first-order valence-corrected chi connectivity index (χ1v) is 8.83. The number of hydrogen-bond donors (Lipinski definition) is 0. The number of hydrogen-bond acceptors (Lipinski definition) is 5. The van der Waals surface area contributed by atoms with Gasteiger partial charge < -0.3 is 14.4 Å². The van der Waals surface area contributed by atoms with E-state index in [1.54, 1.807) is 13.0 Å². The first kappa shape index (κ1) is 16.8. The standard InChI is InChI=1S/C19H25NO4/c1-3-15-11-20(12-19(22)24-16-6-4-5-7-16)17-10-14(13(2)21)8-9-18(17)23-15/h8-10,15-16H,3-7,11-12H2,1-2H3. The van der Waals surface area contributed by atoms with Crippen LogP contribution in [0.5, 0.6) is 5.75 Å². The van der Waals surface area contributed by atoms with Crippen LogP contribution in [0.25, 0.3) is 0 Å². The lowest BCUT2D eigenvalue weighted by atomic mass is 10.1. The van der Waals surface area contributed by atoms with Crippen LogP contribution in [0, 0.1) is 0 Å². The minimum atomic E-state index is -0.196. The predicted octanol–water partition coefficient (Wildman–Crippen LogP) is 3.35. The molecule has 0 saturated heterocycles. The number of Topliss-reactive ketones (excluding diaryl/α,β-unsaturated/α-hetero) is 1. The van der Waals surface area contributed by atoms with E-state index in [1.807, 2.05) is 17.0 Å². The van der Waals surface area contributed by atoms with Gasteiger partial charge in [0.15, 0.2) is 5.78 Å². The zero-order chi connectivity index (χ0) is 17.1. The van der Waals surface area contributed by atoms with Crippen LogP contribution in [0.1, 0.15) is 56.3 Å². The topological polar surface area (TPSA) is 55.8 Å². The highest BCUT2D eigenvalue weighted by Gasteiger charge is 2.28. The Bertz CT molecular complexity index is 622. The van der Waals surface area contributed by atoms with Crippen molar-refractivity contribution >= 4 is 17.4 Å². The third kappa shape index (κ3) is 3.71. The number of ether oxygens (including phenoxy) is 2. The van der Waals surface area contributed by atoms with Gasteiger partial charge in [-0.05, 0) is 57.2 Å². The lowest BCUT2D eigenvalue weighted by Crippen LogP contribution is -2.43. The Morgan fingerprint density at radius 3 is 2.71 bits per heavy atom. The van der Waals surface area contributed by atoms with Crippen molar-refractivity contribution in [1.82, 2.24) is 0 Å². The van der Waals surface area contributed by atoms with Gasteiger partial charge in [0.05, 0.1) is 12.2 Å². The zero-order valence-electron chi connectivity index (χ0n) is 14.4. The highest BCUT2D eigenvalue weighted by molar-refractivity contribution is 5.95. The Balaban J connectivity index is 1.77. The highest BCUT2D eigenvalue weighted by atomic mass is 16.5. The number of carbonyl (C=O) groups excluding carboxylic acids is 2. The highest BCUT2D eigenvalue weighted by Crippen LogP contribution is 2.35. The van der Waals surface area contributed by atoms with E-state index in [9.17, 15) is 9.59 Å². The molecular weight excluding hydrogens is 306 g/mol. The third-order valence-corrected chi connectivity index (χ3v) is 4.80. The Morgan fingerprint density at radius 2 is 2.04 bits per heavy atom. The van der Waals surface area contributed by atoms with Gasteiger partial charge in [-0.3, -0.25) is 9.59 Å². The largest absolute Gasteiger partial charge is 0.486 e. The van der Waals surface area contributed by atoms with Crippen LogP contribution in [-0.2, 0) is 9.53 Å². The third-order valence-electron chi connectivity index (χ3n) is 4.80. The summed E-state index contributed by atoms with van der Waals surface area (Å²) in [6.07, 6.45) is 5.19. The van der Waals surface area contributed by atoms with Crippen LogP contribution in [0.3, 0.4) is 0 Å². The van der Waals surface area contributed by atoms with Crippen LogP contribution in [-0.4, -0.2) is 37.0 Å². The minimum absolute atomic E-state index is 0.00361. The van der Waals surface area contributed by atoms with Crippen molar-refractivity contribution < 1.29 is 19.1 Å². The molecule has 130 valence electrons. The summed E-state index contributed by atoms with van der Waals surface area (Å²) in [4.78, 5) is 26.0. The number of ketones is 1. The molecule has 0 bridgehead atoms. The number of anilines is 1. The van der Waals surface area contributed by atoms with E-state index in [2.05, 4.69) is 6.92 Å². The maximum absolute atomic E-state index is 12.3. The van der Waals surface area contributed by atoms with Gasteiger partial charge in [0.25, 0.3) is 0 Å². The Kier molecular flexibility index (Phi) is 5.07. The molecule has 5 nitrogen and oxygen atoms in total. The van der Waals surface area contributed by atoms with E-state index >= 15 is 0 Å². The quantitative estimate of drug-likeness (QED) is 0.612. The van der Waals surface area contributed by atoms with E-state index in [0.717, 1.165) is 43.5 Å². The summed E-state index contributed by atoms with van der Waals surface area (Å²) in [5.41, 5.74) is 1.43. The molecule has 2 aliphatic rings. The van der Waals surface area contributed by atoms with E-state index in [-0.39, 0.29) is 30.5 Å². The zero-order valence-corrected chi connectivity index (χ0v) is 14.4. The Morgan fingerprint density at radius 1 is 1.29 bits per heavy atom. The summed E-state index contributed by atoms with van der Waals surface area (Å²) < 4.78 is 11.5. The molecule has 1 aromatic rings. The van der Waals surface area contributed by atoms with Gasteiger partial charge in [0.1, 0.15) is 24.5 Å². The molecule has 5 heteroatoms. The smallest absolute Gasteiger partial charge is 0.325 e. The van der Waals surface area contributed by atoms with Crippen molar-refractivity contribution in [2.24, 2.45) is 0 Å². The number of fused-ring (bicyclic) bond motifs is 1. The van der Waals surface area contributed by atoms with Crippen LogP contribution < -0.4 is 9.64 Å². The van der Waals surface area contributed by atoms with Crippen molar-refractivity contribution in [2.75, 3.05) is 18.0 Å². The molecule has 1 heterocycles. The SMILES string of the molecule is CCC1CN(CC(=O)OC2CCCC2)c2cc(C(C)=O)ccc2O1. The number of nitrogens with zero attached hydrogens (tertiary/aromatic N) is 1. The van der Waals surface area contributed by atoms with Crippen molar-refractivity contribution in [1.29, 1.82) is 0 Å². The van der Waals surface area contributed by atoms with E-state index < -0.39 is 0 Å². The summed E-state index contributed by atoms with van der Waals surface area (Å²) in [6.45, 7) is 4.43. The summed E-state index contributed by atoms with van der Waals surface area (Å²) in [6, 6.07) is 5.41. The molecule has 1 saturated carbocycles. The van der Waals surface area contributed by atoms with Gasteiger partial charge in [0, 0.05) is 5.56 Å². The summed E-state index contributed by atoms with van der Waals surface area (Å²) in [5, 5.41) is 0. The van der Waals surface area contributed by atoms with E-state index in [1.165, 1.54) is 0 Å². The van der Waals surface area contributed by atoms with Crippen LogP contribution >= 0.6 is 0 Å². The monoisotopic (exact) mass is 331 g/mol. The summed E-state index contributed by atoms with van der Waals surface area (Å²) in [7, 11) is 0. The lowest BCUT2D eigenvalue weighted by Gasteiger charge is -2.35. The molecule has 3 rings (SSSR count). The lowest BCUT2D eigenvalue weighted by molar-refractivity contribution is -0.147. The van der Waals surface area contributed by atoms with Crippen LogP contribution in [0.2, 0.25) is 0 Å². The Hall–Kier alpha value is -2.04. The van der Waals surface area contributed by atoms with Crippen molar-refractivity contribution in [3.8, 4) is 5.75 Å². The van der Waals surface area contributed by atoms with E-state index in [4.69, 9.17) is 9.47 Å². The van der Waals surface area contributed by atoms with E-state index in [0.29, 0.717) is 12.1 Å². The summed E-state index contributed by atoms with van der Waals surface area (Å²) in [5.74, 6) is 0.536. The Labute approximate surface area is 142 Å². The van der Waals surface area contributed by atoms with Crippen LogP contribution in [0.4, 0.5) is 5.69 Å². The molecule has 1 atom stereocenters. The van der Waals surface area contributed by atoms with Gasteiger partial charge >= 0.3 is 5.97 Å². The normalized spacial score (nSPS) is 20.4. The molecule has 0 aromatic heterocycles. The van der Waals surface area contributed by atoms with Gasteiger partial charge in [-0.25, -0.2) is 0 Å². The maximum atomic E-state index is 12.3. The number of carbonyl (C=O) groups is 2. The molecular formula is C19H25NO4. The second-order valence-corrected chi connectivity index (χ2v) is 6.66. The van der Waals surface area contributed by atoms with Gasteiger partial charge in [-0.15, -0.1) is 0 Å².